The number of fused-ring (bicyclic) bond motifs is 1. The highest BCUT2D eigenvalue weighted by molar-refractivity contribution is 7.92. The summed E-state index contributed by atoms with van der Waals surface area (Å²) in [7, 11) is -3.87. The van der Waals surface area contributed by atoms with Gasteiger partial charge >= 0.3 is 0 Å². The second-order valence-electron chi connectivity index (χ2n) is 4.20. The summed E-state index contributed by atoms with van der Waals surface area (Å²) >= 11 is 1.04. The number of para-hydroxylation sites is 1. The van der Waals surface area contributed by atoms with E-state index in [1.165, 1.54) is 12.1 Å². The highest BCUT2D eigenvalue weighted by Gasteiger charge is 2.25. The molecule has 1 aliphatic rings. The molecule has 1 aromatic heterocycles. The first kappa shape index (κ1) is 13.9. The maximum absolute atomic E-state index is 12.2. The number of thiophene rings is 1. The molecule has 0 unspecified atom stereocenters. The second-order valence-corrected chi connectivity index (χ2v) is 7.05. The first-order valence-corrected chi connectivity index (χ1v) is 8.43. The van der Waals surface area contributed by atoms with Crippen molar-refractivity contribution in [3.8, 4) is 11.5 Å². The fourth-order valence-electron chi connectivity index (χ4n) is 1.90. The average molecular weight is 325 g/mol. The third kappa shape index (κ3) is 2.72. The van der Waals surface area contributed by atoms with Gasteiger partial charge in [0.25, 0.3) is 15.9 Å². The number of carbonyl (C=O) groups is 1. The minimum atomic E-state index is -3.87. The second kappa shape index (κ2) is 5.38. The van der Waals surface area contributed by atoms with Crippen molar-refractivity contribution in [1.82, 2.24) is 4.72 Å². The van der Waals surface area contributed by atoms with E-state index in [1.807, 2.05) is 4.72 Å². The normalized spacial score (nSPS) is 13.7. The Hall–Kier alpha value is -2.06. The van der Waals surface area contributed by atoms with Gasteiger partial charge in [0.1, 0.15) is 17.4 Å². The van der Waals surface area contributed by atoms with Crippen molar-refractivity contribution in [2.24, 2.45) is 0 Å². The Balaban J connectivity index is 1.90. The lowest BCUT2D eigenvalue weighted by Crippen LogP contribution is -2.31. The van der Waals surface area contributed by atoms with Crippen LogP contribution in [0.1, 0.15) is 10.4 Å². The van der Waals surface area contributed by atoms with Crippen molar-refractivity contribution in [3.63, 3.8) is 0 Å². The van der Waals surface area contributed by atoms with E-state index in [9.17, 15) is 13.2 Å². The van der Waals surface area contributed by atoms with Crippen molar-refractivity contribution in [3.05, 3.63) is 41.3 Å². The van der Waals surface area contributed by atoms with Crippen LogP contribution in [0.5, 0.6) is 11.5 Å². The van der Waals surface area contributed by atoms with Gasteiger partial charge in [0, 0.05) is 0 Å². The molecule has 0 atom stereocenters. The van der Waals surface area contributed by atoms with Crippen molar-refractivity contribution in [1.29, 1.82) is 0 Å². The number of benzene rings is 1. The predicted octanol–water partition coefficient (Wildman–Crippen LogP) is 1.64. The Kier molecular flexibility index (Phi) is 3.56. The van der Waals surface area contributed by atoms with Gasteiger partial charge in [-0.2, -0.15) is 0 Å². The largest absolute Gasteiger partial charge is 0.486 e. The third-order valence-electron chi connectivity index (χ3n) is 2.80. The number of carbonyl (C=O) groups excluding carboxylic acids is 1. The van der Waals surface area contributed by atoms with Crippen LogP contribution in [0.4, 0.5) is 0 Å². The van der Waals surface area contributed by atoms with E-state index in [4.69, 9.17) is 9.47 Å². The molecule has 1 N–H and O–H groups in total. The monoisotopic (exact) mass is 325 g/mol. The van der Waals surface area contributed by atoms with Crippen molar-refractivity contribution in [2.45, 2.75) is 4.21 Å². The number of ether oxygens (including phenoxy) is 2. The Morgan fingerprint density at radius 2 is 1.95 bits per heavy atom. The van der Waals surface area contributed by atoms with E-state index in [2.05, 4.69) is 0 Å². The highest BCUT2D eigenvalue weighted by Crippen LogP contribution is 2.33. The lowest BCUT2D eigenvalue weighted by atomic mass is 10.1. The Bertz CT molecular complexity index is 768. The minimum Gasteiger partial charge on any atom is -0.486 e. The number of amides is 1. The zero-order valence-electron chi connectivity index (χ0n) is 10.7. The van der Waals surface area contributed by atoms with E-state index in [0.717, 1.165) is 11.3 Å². The van der Waals surface area contributed by atoms with Gasteiger partial charge in [0.15, 0.2) is 11.5 Å². The van der Waals surface area contributed by atoms with E-state index < -0.39 is 15.9 Å². The molecule has 6 nitrogen and oxygen atoms in total. The van der Waals surface area contributed by atoms with Gasteiger partial charge in [-0.05, 0) is 23.6 Å². The van der Waals surface area contributed by atoms with Gasteiger partial charge in [-0.3, -0.25) is 4.79 Å². The quantitative estimate of drug-likeness (QED) is 0.928. The van der Waals surface area contributed by atoms with Gasteiger partial charge < -0.3 is 9.47 Å². The van der Waals surface area contributed by atoms with Crippen LogP contribution in [0.25, 0.3) is 0 Å². The molecule has 1 aliphatic heterocycles. The van der Waals surface area contributed by atoms with Crippen LogP contribution in [-0.4, -0.2) is 27.5 Å². The van der Waals surface area contributed by atoms with Crippen LogP contribution in [0.3, 0.4) is 0 Å². The van der Waals surface area contributed by atoms with Crippen molar-refractivity contribution >= 4 is 27.3 Å². The molecule has 8 heteroatoms. The van der Waals surface area contributed by atoms with Gasteiger partial charge in [-0.15, -0.1) is 11.3 Å². The van der Waals surface area contributed by atoms with Crippen LogP contribution >= 0.6 is 11.3 Å². The molecule has 0 radical (unpaired) electrons. The molecule has 0 aliphatic carbocycles. The van der Waals surface area contributed by atoms with Crippen LogP contribution in [0.2, 0.25) is 0 Å². The first-order chi connectivity index (χ1) is 10.1. The molecule has 3 rings (SSSR count). The number of hydrogen-bond acceptors (Lipinski definition) is 6. The Labute approximate surface area is 125 Å². The Morgan fingerprint density at radius 3 is 2.71 bits per heavy atom. The topological polar surface area (TPSA) is 81.7 Å². The molecule has 2 heterocycles. The van der Waals surface area contributed by atoms with E-state index >= 15 is 0 Å². The summed E-state index contributed by atoms with van der Waals surface area (Å²) in [5, 5.41) is 1.63. The fourth-order valence-corrected chi connectivity index (χ4v) is 3.86. The number of hydrogen-bond donors (Lipinski definition) is 1. The smallest absolute Gasteiger partial charge is 0.273 e. The van der Waals surface area contributed by atoms with E-state index in [1.54, 1.807) is 23.6 Å². The maximum Gasteiger partial charge on any atom is 0.273 e. The van der Waals surface area contributed by atoms with Gasteiger partial charge in [-0.25, -0.2) is 13.1 Å². The first-order valence-electron chi connectivity index (χ1n) is 6.07. The van der Waals surface area contributed by atoms with Crippen LogP contribution < -0.4 is 14.2 Å². The molecular weight excluding hydrogens is 314 g/mol. The SMILES string of the molecule is O=C(NS(=O)(=O)c1cccs1)c1cccc2c1OCCO2. The van der Waals surface area contributed by atoms with Gasteiger partial charge in [0.05, 0.1) is 5.56 Å². The molecule has 0 spiro atoms. The highest BCUT2D eigenvalue weighted by atomic mass is 32.2. The van der Waals surface area contributed by atoms with Gasteiger partial charge in [-0.1, -0.05) is 12.1 Å². The van der Waals surface area contributed by atoms with Crippen LogP contribution in [0.15, 0.2) is 39.9 Å². The molecule has 0 saturated heterocycles. The number of rotatable bonds is 3. The minimum absolute atomic E-state index is 0.0813. The molecule has 110 valence electrons. The van der Waals surface area contributed by atoms with Gasteiger partial charge in [0.2, 0.25) is 0 Å². The summed E-state index contributed by atoms with van der Waals surface area (Å²) in [4.78, 5) is 12.2. The standard InChI is InChI=1S/C13H11NO5S2/c15-13(14-21(16,17)11-5-2-8-20-11)9-3-1-4-10-12(9)19-7-6-18-10/h1-5,8H,6-7H2,(H,14,15). The zero-order chi connectivity index (χ0) is 14.9. The zero-order valence-corrected chi connectivity index (χ0v) is 12.4. The number of nitrogens with one attached hydrogen (secondary N) is 1. The van der Waals surface area contributed by atoms with Crippen LogP contribution in [-0.2, 0) is 10.0 Å². The summed E-state index contributed by atoms with van der Waals surface area (Å²) < 4.78 is 37.0. The fraction of sp³-hybridized carbons (Fsp3) is 0.154. The van der Waals surface area contributed by atoms with Crippen LogP contribution in [0, 0.1) is 0 Å². The summed E-state index contributed by atoms with van der Waals surface area (Å²) in [6, 6.07) is 7.80. The molecule has 21 heavy (non-hydrogen) atoms. The average Bonchev–Trinajstić information content (AvgIpc) is 3.01. The van der Waals surface area contributed by atoms with Crippen molar-refractivity contribution in [2.75, 3.05) is 13.2 Å². The summed E-state index contributed by atoms with van der Waals surface area (Å²) in [5.74, 6) is -0.0456. The lowest BCUT2D eigenvalue weighted by molar-refractivity contribution is 0.0970. The molecular formula is C13H11NO5S2. The molecule has 0 saturated carbocycles. The third-order valence-corrected chi connectivity index (χ3v) is 5.53. The summed E-state index contributed by atoms with van der Waals surface area (Å²) in [6.45, 7) is 0.709. The van der Waals surface area contributed by atoms with E-state index in [0.29, 0.717) is 19.0 Å². The van der Waals surface area contributed by atoms with Crippen molar-refractivity contribution < 1.29 is 22.7 Å². The molecule has 0 bridgehead atoms. The Morgan fingerprint density at radius 1 is 1.14 bits per heavy atom. The summed E-state index contributed by atoms with van der Waals surface area (Å²) in [6.07, 6.45) is 0. The molecule has 2 aromatic rings. The van der Waals surface area contributed by atoms with E-state index in [-0.39, 0.29) is 15.5 Å². The lowest BCUT2D eigenvalue weighted by Gasteiger charge is -2.20. The molecule has 1 amide bonds. The number of sulfonamides is 1. The summed E-state index contributed by atoms with van der Waals surface area (Å²) in [5.41, 5.74) is 0.132. The maximum atomic E-state index is 12.2. The predicted molar refractivity (Wildman–Crippen MR) is 76.4 cm³/mol. The molecule has 0 fully saturated rings. The molecule has 1 aromatic carbocycles.